The highest BCUT2D eigenvalue weighted by molar-refractivity contribution is 5.99. The Labute approximate surface area is 77.3 Å². The van der Waals surface area contributed by atoms with E-state index in [0.29, 0.717) is 11.4 Å². The molecule has 0 saturated carbocycles. The second kappa shape index (κ2) is 3.76. The summed E-state index contributed by atoms with van der Waals surface area (Å²) in [7, 11) is 0. The van der Waals surface area contributed by atoms with Gasteiger partial charge >= 0.3 is 0 Å². The number of nitrogens with two attached hydrogens (primary N) is 1. The first-order valence-electron chi connectivity index (χ1n) is 3.93. The van der Waals surface area contributed by atoms with Gasteiger partial charge in [0.05, 0.1) is 0 Å². The molecule has 1 rings (SSSR count). The van der Waals surface area contributed by atoms with E-state index < -0.39 is 0 Å². The van der Waals surface area contributed by atoms with Gasteiger partial charge < -0.3 is 11.1 Å². The highest BCUT2D eigenvalue weighted by atomic mass is 16.1. The van der Waals surface area contributed by atoms with E-state index in [1.807, 2.05) is 13.0 Å². The van der Waals surface area contributed by atoms with Crippen molar-refractivity contribution in [1.29, 1.82) is 0 Å². The number of hydrogen-bond donors (Lipinski definition) is 2. The smallest absolute Gasteiger partial charge is 0.247 e. The third-order valence-corrected chi connectivity index (χ3v) is 1.73. The molecule has 3 nitrogen and oxygen atoms in total. The summed E-state index contributed by atoms with van der Waals surface area (Å²) in [5.41, 5.74) is 8.01. The minimum atomic E-state index is -0.233. The molecule has 0 aliphatic rings. The molecule has 0 fully saturated rings. The normalized spacial score (nSPS) is 9.31. The zero-order chi connectivity index (χ0) is 9.84. The van der Waals surface area contributed by atoms with Gasteiger partial charge in [-0.2, -0.15) is 0 Å². The van der Waals surface area contributed by atoms with E-state index in [1.165, 1.54) is 6.08 Å². The minimum Gasteiger partial charge on any atom is -0.398 e. The second-order valence-electron chi connectivity index (χ2n) is 2.76. The third-order valence-electron chi connectivity index (χ3n) is 1.73. The Morgan fingerprint density at radius 2 is 2.31 bits per heavy atom. The lowest BCUT2D eigenvalue weighted by molar-refractivity contribution is -0.111. The van der Waals surface area contributed by atoms with Crippen molar-refractivity contribution in [3.63, 3.8) is 0 Å². The van der Waals surface area contributed by atoms with Crippen LogP contribution in [0.15, 0.2) is 30.9 Å². The first-order valence-corrected chi connectivity index (χ1v) is 3.93. The molecule has 0 aromatic heterocycles. The molecule has 68 valence electrons. The SMILES string of the molecule is C=CC(=O)Nc1ccc(C)c(N)c1. The number of nitrogens with one attached hydrogen (secondary N) is 1. The molecule has 0 heterocycles. The summed E-state index contributed by atoms with van der Waals surface area (Å²) < 4.78 is 0. The first kappa shape index (κ1) is 9.32. The van der Waals surface area contributed by atoms with Crippen LogP contribution in [0.2, 0.25) is 0 Å². The van der Waals surface area contributed by atoms with Crippen molar-refractivity contribution in [2.75, 3.05) is 11.1 Å². The van der Waals surface area contributed by atoms with Crippen LogP contribution < -0.4 is 11.1 Å². The zero-order valence-electron chi connectivity index (χ0n) is 7.50. The standard InChI is InChI=1S/C10H12N2O/c1-3-10(13)12-8-5-4-7(2)9(11)6-8/h3-6H,1,11H2,2H3,(H,12,13). The summed E-state index contributed by atoms with van der Waals surface area (Å²) in [5, 5.41) is 2.62. The molecule has 0 aliphatic carbocycles. The summed E-state index contributed by atoms with van der Waals surface area (Å²) in [6.45, 7) is 5.26. The fourth-order valence-corrected chi connectivity index (χ4v) is 0.912. The van der Waals surface area contributed by atoms with Crippen molar-refractivity contribution in [2.45, 2.75) is 6.92 Å². The van der Waals surface area contributed by atoms with Crippen LogP contribution in [0.4, 0.5) is 11.4 Å². The van der Waals surface area contributed by atoms with Crippen molar-refractivity contribution < 1.29 is 4.79 Å². The van der Waals surface area contributed by atoms with Crippen molar-refractivity contribution in [3.8, 4) is 0 Å². The zero-order valence-corrected chi connectivity index (χ0v) is 7.50. The van der Waals surface area contributed by atoms with Crippen LogP contribution >= 0.6 is 0 Å². The summed E-state index contributed by atoms with van der Waals surface area (Å²) in [4.78, 5) is 10.9. The Hall–Kier alpha value is -1.77. The molecule has 1 aromatic carbocycles. The van der Waals surface area contributed by atoms with Gasteiger partial charge in [-0.25, -0.2) is 0 Å². The molecular formula is C10H12N2O. The molecule has 1 aromatic rings. The number of benzene rings is 1. The van der Waals surface area contributed by atoms with Crippen molar-refractivity contribution >= 4 is 17.3 Å². The van der Waals surface area contributed by atoms with Gasteiger partial charge in [0, 0.05) is 11.4 Å². The predicted octanol–water partition coefficient (Wildman–Crippen LogP) is 1.70. The third kappa shape index (κ3) is 2.33. The van der Waals surface area contributed by atoms with Gasteiger partial charge in [0.2, 0.25) is 5.91 Å². The van der Waals surface area contributed by atoms with E-state index in [4.69, 9.17) is 5.73 Å². The van der Waals surface area contributed by atoms with Crippen LogP contribution in [-0.4, -0.2) is 5.91 Å². The highest BCUT2D eigenvalue weighted by Crippen LogP contribution is 2.16. The first-order chi connectivity index (χ1) is 6.13. The maximum atomic E-state index is 10.9. The Morgan fingerprint density at radius 1 is 1.62 bits per heavy atom. The summed E-state index contributed by atoms with van der Waals surface area (Å²) in [5.74, 6) is -0.233. The highest BCUT2D eigenvalue weighted by Gasteiger charge is 1.98. The second-order valence-corrected chi connectivity index (χ2v) is 2.76. The molecule has 1 amide bonds. The van der Waals surface area contributed by atoms with Crippen molar-refractivity contribution in [3.05, 3.63) is 36.4 Å². The number of hydrogen-bond acceptors (Lipinski definition) is 2. The molecule has 13 heavy (non-hydrogen) atoms. The number of aryl methyl sites for hydroxylation is 1. The predicted molar refractivity (Wildman–Crippen MR) is 54.4 cm³/mol. The van der Waals surface area contributed by atoms with Gasteiger partial charge in [-0.05, 0) is 30.7 Å². The number of carbonyl (C=O) groups is 1. The van der Waals surface area contributed by atoms with E-state index in [0.717, 1.165) is 5.56 Å². The fourth-order valence-electron chi connectivity index (χ4n) is 0.912. The van der Waals surface area contributed by atoms with E-state index in [9.17, 15) is 4.79 Å². The Balaban J connectivity index is 2.85. The number of amides is 1. The summed E-state index contributed by atoms with van der Waals surface area (Å²) in [6.07, 6.45) is 1.22. The Kier molecular flexibility index (Phi) is 2.69. The van der Waals surface area contributed by atoms with E-state index >= 15 is 0 Å². The van der Waals surface area contributed by atoms with Crippen LogP contribution in [0.25, 0.3) is 0 Å². The van der Waals surface area contributed by atoms with Gasteiger partial charge in [-0.3, -0.25) is 4.79 Å². The summed E-state index contributed by atoms with van der Waals surface area (Å²) in [6, 6.07) is 5.37. The van der Waals surface area contributed by atoms with Crippen LogP contribution in [0, 0.1) is 6.92 Å². The molecule has 0 spiro atoms. The monoisotopic (exact) mass is 176 g/mol. The molecule has 3 heteroatoms. The van der Waals surface area contributed by atoms with Crippen molar-refractivity contribution in [2.24, 2.45) is 0 Å². The number of carbonyl (C=O) groups excluding carboxylic acids is 1. The lowest BCUT2D eigenvalue weighted by Gasteiger charge is -2.04. The molecule has 0 radical (unpaired) electrons. The van der Waals surface area contributed by atoms with Crippen LogP contribution in [-0.2, 0) is 4.79 Å². The number of rotatable bonds is 2. The maximum Gasteiger partial charge on any atom is 0.247 e. The van der Waals surface area contributed by atoms with Crippen molar-refractivity contribution in [1.82, 2.24) is 0 Å². The molecule has 0 unspecified atom stereocenters. The summed E-state index contributed by atoms with van der Waals surface area (Å²) >= 11 is 0. The molecular weight excluding hydrogens is 164 g/mol. The molecule has 0 aliphatic heterocycles. The lowest BCUT2D eigenvalue weighted by Crippen LogP contribution is -2.07. The lowest BCUT2D eigenvalue weighted by atomic mass is 10.2. The maximum absolute atomic E-state index is 10.9. The van der Waals surface area contributed by atoms with Gasteiger partial charge in [-0.15, -0.1) is 0 Å². The number of anilines is 2. The average molecular weight is 176 g/mol. The number of nitrogen functional groups attached to an aromatic ring is 1. The molecule has 0 atom stereocenters. The van der Waals surface area contributed by atoms with Gasteiger partial charge in [0.15, 0.2) is 0 Å². The van der Waals surface area contributed by atoms with E-state index in [2.05, 4.69) is 11.9 Å². The molecule has 3 N–H and O–H groups in total. The molecule has 0 bridgehead atoms. The van der Waals surface area contributed by atoms with Crippen LogP contribution in [0.5, 0.6) is 0 Å². The largest absolute Gasteiger partial charge is 0.398 e. The Morgan fingerprint density at radius 3 is 2.85 bits per heavy atom. The van der Waals surface area contributed by atoms with Crippen LogP contribution in [0.3, 0.4) is 0 Å². The van der Waals surface area contributed by atoms with Crippen LogP contribution in [0.1, 0.15) is 5.56 Å². The van der Waals surface area contributed by atoms with Gasteiger partial charge in [0.1, 0.15) is 0 Å². The topological polar surface area (TPSA) is 55.1 Å². The quantitative estimate of drug-likeness (QED) is 0.532. The average Bonchev–Trinajstić information content (AvgIpc) is 2.11. The Bertz CT molecular complexity index is 345. The minimum absolute atomic E-state index is 0.233. The van der Waals surface area contributed by atoms with Gasteiger partial charge in [0.25, 0.3) is 0 Å². The van der Waals surface area contributed by atoms with Gasteiger partial charge in [-0.1, -0.05) is 12.6 Å². The fraction of sp³-hybridized carbons (Fsp3) is 0.100. The van der Waals surface area contributed by atoms with E-state index in [-0.39, 0.29) is 5.91 Å². The van der Waals surface area contributed by atoms with E-state index in [1.54, 1.807) is 12.1 Å². The molecule has 0 saturated heterocycles.